The first-order chi connectivity index (χ1) is 8.93. The Morgan fingerprint density at radius 1 is 1.22 bits per heavy atom. The molecule has 1 saturated carbocycles. The van der Waals surface area contributed by atoms with Crippen LogP contribution in [0.4, 0.5) is 0 Å². The van der Waals surface area contributed by atoms with Crippen LogP contribution in [0.5, 0.6) is 0 Å². The number of rotatable bonds is 5. The van der Waals surface area contributed by atoms with Crippen molar-refractivity contribution in [3.8, 4) is 0 Å². The monoisotopic (exact) mass is 263 g/mol. The summed E-state index contributed by atoms with van der Waals surface area (Å²) in [6.45, 7) is 1.82. The number of benzene rings is 1. The van der Waals surface area contributed by atoms with Crippen LogP contribution >= 0.6 is 11.8 Å². The molecule has 0 radical (unpaired) electrons. The molecule has 1 unspecified atom stereocenters. The molecule has 1 heterocycles. The normalized spacial score (nSPS) is 23.4. The molecule has 0 amide bonds. The highest BCUT2D eigenvalue weighted by Gasteiger charge is 2.22. The second-order valence-electron chi connectivity index (χ2n) is 5.13. The third-order valence-electron chi connectivity index (χ3n) is 3.85. The zero-order valence-electron chi connectivity index (χ0n) is 10.7. The largest absolute Gasteiger partial charge is 0.377 e. The van der Waals surface area contributed by atoms with Gasteiger partial charge in [-0.3, -0.25) is 0 Å². The summed E-state index contributed by atoms with van der Waals surface area (Å²) in [7, 11) is 0. The molecular formula is C15H21NOS. The van der Waals surface area contributed by atoms with E-state index in [4.69, 9.17) is 4.74 Å². The number of nitrogens with one attached hydrogen (secondary N) is 1. The summed E-state index contributed by atoms with van der Waals surface area (Å²) >= 11 is 1.96. The van der Waals surface area contributed by atoms with Crippen molar-refractivity contribution < 1.29 is 4.74 Å². The average molecular weight is 263 g/mol. The van der Waals surface area contributed by atoms with Gasteiger partial charge in [0.05, 0.1) is 12.7 Å². The first-order valence-electron chi connectivity index (χ1n) is 7.00. The minimum absolute atomic E-state index is 0.512. The fourth-order valence-electron chi connectivity index (χ4n) is 2.85. The van der Waals surface area contributed by atoms with Gasteiger partial charge in [0.1, 0.15) is 0 Å². The summed E-state index contributed by atoms with van der Waals surface area (Å²) in [4.78, 5) is 1.44. The van der Waals surface area contributed by atoms with Crippen LogP contribution in [0.1, 0.15) is 37.3 Å². The number of hydrogen-bond donors (Lipinski definition) is 1. The number of hydrogen-bond acceptors (Lipinski definition) is 3. The molecular weight excluding hydrogens is 242 g/mol. The summed E-state index contributed by atoms with van der Waals surface area (Å²) in [5.41, 5.74) is 1.46. The van der Waals surface area contributed by atoms with Crippen LogP contribution in [0, 0.1) is 0 Å². The van der Waals surface area contributed by atoms with Gasteiger partial charge in [0.2, 0.25) is 0 Å². The Morgan fingerprint density at radius 3 is 2.94 bits per heavy atom. The fraction of sp³-hybridized carbons (Fsp3) is 0.600. The molecule has 0 spiro atoms. The summed E-state index contributed by atoms with van der Waals surface area (Å²) in [6.07, 6.45) is 5.77. The van der Waals surface area contributed by atoms with Crippen molar-refractivity contribution in [2.75, 3.05) is 18.9 Å². The maximum atomic E-state index is 5.88. The Balaban J connectivity index is 1.41. The minimum atomic E-state index is 0.512. The maximum Gasteiger partial charge on any atom is 0.0594 e. The lowest BCUT2D eigenvalue weighted by molar-refractivity contribution is 0.0594. The third kappa shape index (κ3) is 2.90. The highest BCUT2D eigenvalue weighted by atomic mass is 32.2. The smallest absolute Gasteiger partial charge is 0.0594 e. The highest BCUT2D eigenvalue weighted by Crippen LogP contribution is 2.37. The van der Waals surface area contributed by atoms with Crippen LogP contribution in [-0.4, -0.2) is 25.0 Å². The quantitative estimate of drug-likeness (QED) is 0.823. The van der Waals surface area contributed by atoms with Crippen molar-refractivity contribution in [2.45, 2.75) is 42.7 Å². The molecule has 1 aliphatic carbocycles. The standard InChI is InChI=1S/C15H21NOS/c1-2-6-12(5-1)17-10-9-16-14-11-18-15-8-4-3-7-13(14)15/h3-4,7-8,12,14,16H,1-2,5-6,9-11H2. The summed E-state index contributed by atoms with van der Waals surface area (Å²) in [6, 6.07) is 9.23. The zero-order valence-corrected chi connectivity index (χ0v) is 11.5. The molecule has 1 aliphatic heterocycles. The maximum absolute atomic E-state index is 5.88. The van der Waals surface area contributed by atoms with Crippen LogP contribution < -0.4 is 5.32 Å². The van der Waals surface area contributed by atoms with E-state index < -0.39 is 0 Å². The first kappa shape index (κ1) is 12.5. The Bertz CT molecular complexity index is 390. The number of fused-ring (bicyclic) bond motifs is 1. The first-order valence-corrected chi connectivity index (χ1v) is 7.99. The zero-order chi connectivity index (χ0) is 12.2. The molecule has 3 rings (SSSR count). The van der Waals surface area contributed by atoms with E-state index in [-0.39, 0.29) is 0 Å². The molecule has 3 heteroatoms. The molecule has 1 atom stereocenters. The summed E-state index contributed by atoms with van der Waals surface area (Å²) in [5, 5.41) is 3.62. The van der Waals surface area contributed by atoms with E-state index in [1.165, 1.54) is 36.1 Å². The van der Waals surface area contributed by atoms with Gasteiger partial charge in [0.25, 0.3) is 0 Å². The molecule has 18 heavy (non-hydrogen) atoms. The van der Waals surface area contributed by atoms with Gasteiger partial charge in [-0.15, -0.1) is 11.8 Å². The van der Waals surface area contributed by atoms with Crippen LogP contribution in [-0.2, 0) is 4.74 Å². The summed E-state index contributed by atoms with van der Waals surface area (Å²) < 4.78 is 5.88. The lowest BCUT2D eigenvalue weighted by Crippen LogP contribution is -2.26. The van der Waals surface area contributed by atoms with E-state index in [9.17, 15) is 0 Å². The molecule has 1 aromatic rings. The van der Waals surface area contributed by atoms with Gasteiger partial charge in [-0.05, 0) is 24.5 Å². The van der Waals surface area contributed by atoms with Gasteiger partial charge in [0.15, 0.2) is 0 Å². The molecule has 98 valence electrons. The van der Waals surface area contributed by atoms with E-state index in [2.05, 4.69) is 29.6 Å². The van der Waals surface area contributed by atoms with E-state index >= 15 is 0 Å². The predicted octanol–water partition coefficient (Wildman–Crippen LogP) is 3.38. The van der Waals surface area contributed by atoms with E-state index in [0.717, 1.165) is 18.9 Å². The topological polar surface area (TPSA) is 21.3 Å². The van der Waals surface area contributed by atoms with Gasteiger partial charge in [-0.2, -0.15) is 0 Å². The van der Waals surface area contributed by atoms with Gasteiger partial charge < -0.3 is 10.1 Å². The molecule has 0 saturated heterocycles. The highest BCUT2D eigenvalue weighted by molar-refractivity contribution is 7.99. The number of ether oxygens (including phenoxy) is 1. The Hall–Kier alpha value is -0.510. The second kappa shape index (κ2) is 6.09. The molecule has 1 aromatic carbocycles. The van der Waals surface area contributed by atoms with Crippen molar-refractivity contribution in [3.63, 3.8) is 0 Å². The Kier molecular flexibility index (Phi) is 4.24. The molecule has 0 aromatic heterocycles. The van der Waals surface area contributed by atoms with E-state index in [1.54, 1.807) is 0 Å². The van der Waals surface area contributed by atoms with Crippen molar-refractivity contribution >= 4 is 11.8 Å². The number of thioether (sulfide) groups is 1. The Labute approximate surface area is 113 Å². The molecule has 1 fully saturated rings. The van der Waals surface area contributed by atoms with Gasteiger partial charge in [-0.1, -0.05) is 31.0 Å². The lowest BCUT2D eigenvalue weighted by Gasteiger charge is -2.15. The van der Waals surface area contributed by atoms with Gasteiger partial charge in [0, 0.05) is 23.2 Å². The van der Waals surface area contributed by atoms with Crippen molar-refractivity contribution in [1.82, 2.24) is 5.32 Å². The second-order valence-corrected chi connectivity index (χ2v) is 6.19. The predicted molar refractivity (Wildman–Crippen MR) is 76.1 cm³/mol. The molecule has 2 nitrogen and oxygen atoms in total. The molecule has 1 N–H and O–H groups in total. The third-order valence-corrected chi connectivity index (χ3v) is 5.03. The van der Waals surface area contributed by atoms with Crippen molar-refractivity contribution in [2.24, 2.45) is 0 Å². The van der Waals surface area contributed by atoms with Crippen LogP contribution in [0.3, 0.4) is 0 Å². The van der Waals surface area contributed by atoms with Crippen molar-refractivity contribution in [3.05, 3.63) is 29.8 Å². The van der Waals surface area contributed by atoms with E-state index in [0.29, 0.717) is 12.1 Å². The van der Waals surface area contributed by atoms with Gasteiger partial charge in [-0.25, -0.2) is 0 Å². The average Bonchev–Trinajstić information content (AvgIpc) is 3.04. The van der Waals surface area contributed by atoms with Crippen LogP contribution in [0.2, 0.25) is 0 Å². The molecule has 0 bridgehead atoms. The minimum Gasteiger partial charge on any atom is -0.377 e. The van der Waals surface area contributed by atoms with Crippen LogP contribution in [0.25, 0.3) is 0 Å². The van der Waals surface area contributed by atoms with Crippen LogP contribution in [0.15, 0.2) is 29.2 Å². The van der Waals surface area contributed by atoms with E-state index in [1.807, 2.05) is 11.8 Å². The van der Waals surface area contributed by atoms with Crippen molar-refractivity contribution in [1.29, 1.82) is 0 Å². The summed E-state index contributed by atoms with van der Waals surface area (Å²) in [5.74, 6) is 1.16. The Morgan fingerprint density at radius 2 is 2.06 bits per heavy atom. The lowest BCUT2D eigenvalue weighted by atomic mass is 10.1. The fourth-order valence-corrected chi connectivity index (χ4v) is 4.04. The SMILES string of the molecule is c1ccc2c(c1)SCC2NCCOC1CCCC1. The van der Waals surface area contributed by atoms with Gasteiger partial charge >= 0.3 is 0 Å². The molecule has 2 aliphatic rings.